The minimum absolute atomic E-state index is 0.148. The molecule has 172 valence electrons. The van der Waals surface area contributed by atoms with Gasteiger partial charge in [-0.1, -0.05) is 90.9 Å². The van der Waals surface area contributed by atoms with Crippen molar-refractivity contribution in [2.24, 2.45) is 5.41 Å². The molecule has 5 heteroatoms. The first-order chi connectivity index (χ1) is 14.0. The van der Waals surface area contributed by atoms with Crippen molar-refractivity contribution in [1.82, 2.24) is 0 Å². The molecule has 0 unspecified atom stereocenters. The Kier molecular flexibility index (Phi) is 18.2. The molecular formula is C24H46O5. The molecule has 0 aliphatic heterocycles. The lowest BCUT2D eigenvalue weighted by Gasteiger charge is -2.23. The van der Waals surface area contributed by atoms with Gasteiger partial charge in [-0.05, 0) is 19.8 Å². The number of ether oxygens (including phenoxy) is 2. The first-order valence-electron chi connectivity index (χ1n) is 11.9. The predicted molar refractivity (Wildman–Crippen MR) is 118 cm³/mol. The summed E-state index contributed by atoms with van der Waals surface area (Å²) in [6, 6.07) is 0. The van der Waals surface area contributed by atoms with Crippen LogP contribution in [0.3, 0.4) is 0 Å². The van der Waals surface area contributed by atoms with Crippen molar-refractivity contribution in [2.45, 2.75) is 117 Å². The zero-order valence-corrected chi connectivity index (χ0v) is 19.3. The van der Waals surface area contributed by atoms with Crippen molar-refractivity contribution in [3.8, 4) is 0 Å². The molecule has 1 N–H and O–H groups in total. The van der Waals surface area contributed by atoms with E-state index in [4.69, 9.17) is 9.47 Å². The van der Waals surface area contributed by atoms with E-state index in [9.17, 15) is 14.7 Å². The van der Waals surface area contributed by atoms with Crippen LogP contribution in [-0.2, 0) is 19.1 Å². The third-order valence-corrected chi connectivity index (χ3v) is 5.32. The van der Waals surface area contributed by atoms with Crippen molar-refractivity contribution in [1.29, 1.82) is 0 Å². The second kappa shape index (κ2) is 18.9. The molecule has 0 aromatic rings. The van der Waals surface area contributed by atoms with Gasteiger partial charge in [0.15, 0.2) is 0 Å². The van der Waals surface area contributed by atoms with E-state index in [0.29, 0.717) is 19.6 Å². The second-order valence-electron chi connectivity index (χ2n) is 8.49. The lowest BCUT2D eigenvalue weighted by atomic mass is 9.67. The summed E-state index contributed by atoms with van der Waals surface area (Å²) in [6.07, 6.45) is 17.1. The molecule has 0 rings (SSSR count). The van der Waals surface area contributed by atoms with Crippen LogP contribution in [0.4, 0.5) is 0 Å². The molecule has 0 heterocycles. The summed E-state index contributed by atoms with van der Waals surface area (Å²) in [5.74, 6) is -0.992. The highest BCUT2D eigenvalue weighted by Crippen LogP contribution is 2.23. The minimum Gasteiger partial charge on any atom is -0.466 e. The standard InChI is InChI=1S/C24H46O5/c1-4-6-7-8-9-10-11-12-13-14-15-16-17-19-28-22(26)20-24(3,21-25)23(27)29-18-5-2/h25H,4-21H2,1-3H3/t24-/m1/s1/i23-1. The van der Waals surface area contributed by atoms with E-state index in [1.54, 1.807) is 0 Å². The van der Waals surface area contributed by atoms with E-state index in [0.717, 1.165) is 12.8 Å². The van der Waals surface area contributed by atoms with Gasteiger partial charge in [-0.3, -0.25) is 9.59 Å². The second-order valence-corrected chi connectivity index (χ2v) is 8.49. The molecule has 0 radical (unpaired) electrons. The third-order valence-electron chi connectivity index (χ3n) is 5.32. The molecule has 29 heavy (non-hydrogen) atoms. The first kappa shape index (κ1) is 27.9. The van der Waals surface area contributed by atoms with Crippen LogP contribution < -0.4 is 0 Å². The molecule has 0 aromatic heterocycles. The Morgan fingerprint density at radius 3 is 1.62 bits per heavy atom. The monoisotopic (exact) mass is 413 g/mol. The highest BCUT2D eigenvalue weighted by atomic mass is 16.5. The van der Waals surface area contributed by atoms with Crippen LogP contribution >= 0.6 is 0 Å². The number of hydrogen-bond acceptors (Lipinski definition) is 5. The minimum atomic E-state index is -1.22. The van der Waals surface area contributed by atoms with Crippen LogP contribution in [0.15, 0.2) is 0 Å². The molecule has 0 bridgehead atoms. The fourth-order valence-electron chi connectivity index (χ4n) is 3.24. The quantitative estimate of drug-likeness (QED) is 0.197. The smallest absolute Gasteiger partial charge is 0.314 e. The third kappa shape index (κ3) is 15.4. The van der Waals surface area contributed by atoms with E-state index < -0.39 is 24.0 Å². The van der Waals surface area contributed by atoms with Crippen molar-refractivity contribution < 1.29 is 24.2 Å². The van der Waals surface area contributed by atoms with Gasteiger partial charge in [0.05, 0.1) is 31.7 Å². The van der Waals surface area contributed by atoms with Gasteiger partial charge in [-0.2, -0.15) is 0 Å². The van der Waals surface area contributed by atoms with Crippen LogP contribution in [0, 0.1) is 5.41 Å². The fourth-order valence-corrected chi connectivity index (χ4v) is 3.24. The predicted octanol–water partition coefficient (Wildman–Crippen LogP) is 5.96. The first-order valence-corrected chi connectivity index (χ1v) is 11.9. The molecule has 0 aliphatic carbocycles. The Morgan fingerprint density at radius 2 is 1.17 bits per heavy atom. The fraction of sp³-hybridized carbons (Fsp3) is 0.917. The van der Waals surface area contributed by atoms with E-state index in [2.05, 4.69) is 6.92 Å². The summed E-state index contributed by atoms with van der Waals surface area (Å²) in [5, 5.41) is 9.49. The van der Waals surface area contributed by atoms with E-state index in [1.165, 1.54) is 77.6 Å². The van der Waals surface area contributed by atoms with Gasteiger partial charge >= 0.3 is 11.9 Å². The van der Waals surface area contributed by atoms with Crippen molar-refractivity contribution in [3.05, 3.63) is 0 Å². The van der Waals surface area contributed by atoms with Gasteiger partial charge in [0.1, 0.15) is 0 Å². The van der Waals surface area contributed by atoms with Crippen molar-refractivity contribution in [2.75, 3.05) is 19.8 Å². The van der Waals surface area contributed by atoms with Gasteiger partial charge < -0.3 is 14.6 Å². The molecule has 0 fully saturated rings. The highest BCUT2D eigenvalue weighted by molar-refractivity contribution is 5.83. The average molecular weight is 414 g/mol. The van der Waals surface area contributed by atoms with Crippen LogP contribution in [0.25, 0.3) is 0 Å². The number of hydrogen-bond donors (Lipinski definition) is 1. The lowest BCUT2D eigenvalue weighted by Crippen LogP contribution is -2.36. The van der Waals surface area contributed by atoms with E-state index in [1.807, 2.05) is 6.92 Å². The maximum absolute atomic E-state index is 12.0. The average Bonchev–Trinajstić information content (AvgIpc) is 2.71. The number of carbonyl (C=O) groups excluding carboxylic acids is 2. The zero-order valence-electron chi connectivity index (χ0n) is 19.3. The SMILES string of the molecule is CCCCCCCCCCCCCCCOC(=O)C[C@](C)(CO)[11C](=O)OCCC. The molecule has 0 aliphatic rings. The van der Waals surface area contributed by atoms with E-state index in [-0.39, 0.29) is 6.42 Å². The van der Waals surface area contributed by atoms with Gasteiger partial charge in [-0.25, -0.2) is 0 Å². The molecule has 5 nitrogen and oxygen atoms in total. The molecule has 0 spiro atoms. The molecule has 0 amide bonds. The number of rotatable bonds is 20. The van der Waals surface area contributed by atoms with Gasteiger partial charge in [0.2, 0.25) is 0 Å². The zero-order chi connectivity index (χ0) is 21.8. The summed E-state index contributed by atoms with van der Waals surface area (Å²) in [4.78, 5) is 24.0. The molecule has 0 aromatic carbocycles. The topological polar surface area (TPSA) is 72.8 Å². The van der Waals surface area contributed by atoms with Crippen LogP contribution in [0.1, 0.15) is 117 Å². The number of unbranched alkanes of at least 4 members (excludes halogenated alkanes) is 12. The summed E-state index contributed by atoms with van der Waals surface area (Å²) < 4.78 is 10.3. The normalized spacial score (nSPS) is 13.1. The maximum Gasteiger partial charge on any atom is 0.314 e. The Bertz CT molecular complexity index is 410. The van der Waals surface area contributed by atoms with Gasteiger partial charge in [0.25, 0.3) is 0 Å². The van der Waals surface area contributed by atoms with Crippen LogP contribution in [0.5, 0.6) is 0 Å². The van der Waals surface area contributed by atoms with Gasteiger partial charge in [0, 0.05) is 0 Å². The van der Waals surface area contributed by atoms with Crippen LogP contribution in [-0.4, -0.2) is 36.9 Å². The molecule has 0 saturated heterocycles. The molecular weight excluding hydrogens is 367 g/mol. The van der Waals surface area contributed by atoms with Crippen molar-refractivity contribution in [3.63, 3.8) is 0 Å². The largest absolute Gasteiger partial charge is 0.466 e. The summed E-state index contributed by atoms with van der Waals surface area (Å²) >= 11 is 0. The molecule has 1 atom stereocenters. The number of aliphatic hydroxyl groups excluding tert-OH is 1. The Hall–Kier alpha value is -1.10. The van der Waals surface area contributed by atoms with Crippen molar-refractivity contribution >= 4 is 11.9 Å². The number of esters is 2. The van der Waals surface area contributed by atoms with E-state index >= 15 is 0 Å². The summed E-state index contributed by atoms with van der Waals surface area (Å²) in [6.45, 7) is 5.93. The highest BCUT2D eigenvalue weighted by Gasteiger charge is 2.37. The summed E-state index contributed by atoms with van der Waals surface area (Å²) in [5.41, 5.74) is -1.22. The Labute approximate surface area is 178 Å². The maximum atomic E-state index is 12.0. The summed E-state index contributed by atoms with van der Waals surface area (Å²) in [7, 11) is 0. The lowest BCUT2D eigenvalue weighted by molar-refractivity contribution is -0.164. The molecule has 0 saturated carbocycles. The Morgan fingerprint density at radius 1 is 0.690 bits per heavy atom. The number of aliphatic hydroxyl groups is 1. The van der Waals surface area contributed by atoms with Gasteiger partial charge in [-0.15, -0.1) is 0 Å². The number of carbonyl (C=O) groups is 2. The Balaban J connectivity index is 3.60. The van der Waals surface area contributed by atoms with Crippen LogP contribution in [0.2, 0.25) is 0 Å².